The fraction of sp³-hybridized carbons (Fsp3) is 0.231. The lowest BCUT2D eigenvalue weighted by atomic mass is 10.3. The van der Waals surface area contributed by atoms with Crippen LogP contribution in [-0.2, 0) is 13.0 Å². The van der Waals surface area contributed by atoms with Crippen LogP contribution in [0.4, 0.5) is 5.95 Å². The van der Waals surface area contributed by atoms with E-state index in [-0.39, 0.29) is 0 Å². The van der Waals surface area contributed by atoms with Gasteiger partial charge in [0.15, 0.2) is 5.65 Å². The van der Waals surface area contributed by atoms with E-state index in [4.69, 9.17) is 17.3 Å². The van der Waals surface area contributed by atoms with Gasteiger partial charge in [0.1, 0.15) is 5.52 Å². The smallest absolute Gasteiger partial charge is 0.202 e. The number of halogens is 1. The van der Waals surface area contributed by atoms with Crippen molar-refractivity contribution in [3.63, 3.8) is 0 Å². The highest BCUT2D eigenvalue weighted by atomic mass is 35.5. The third kappa shape index (κ3) is 2.43. The zero-order valence-electron chi connectivity index (χ0n) is 10.4. The van der Waals surface area contributed by atoms with Crippen LogP contribution in [0.25, 0.3) is 11.2 Å². The van der Waals surface area contributed by atoms with Crippen molar-refractivity contribution >= 4 is 40.0 Å². The maximum atomic E-state index is 5.96. The summed E-state index contributed by atoms with van der Waals surface area (Å²) in [6.07, 6.45) is 0.878. The molecule has 0 aliphatic rings. The average molecular weight is 293 g/mol. The van der Waals surface area contributed by atoms with E-state index in [9.17, 15) is 0 Å². The molecular weight excluding hydrogens is 280 g/mol. The quantitative estimate of drug-likeness (QED) is 0.806. The number of fused-ring (bicyclic) bond motifs is 1. The van der Waals surface area contributed by atoms with Gasteiger partial charge in [-0.15, -0.1) is 11.3 Å². The summed E-state index contributed by atoms with van der Waals surface area (Å²) in [5.41, 5.74) is 8.61. The monoisotopic (exact) mass is 292 g/mol. The third-order valence-corrected chi connectivity index (χ3v) is 4.26. The molecule has 4 nitrogen and oxygen atoms in total. The minimum Gasteiger partial charge on any atom is -0.369 e. The number of thiophene rings is 1. The lowest BCUT2D eigenvalue weighted by Crippen LogP contribution is -2.06. The number of nitrogens with zero attached hydrogens (tertiary/aromatic N) is 3. The van der Waals surface area contributed by atoms with Gasteiger partial charge in [0.05, 0.1) is 4.34 Å². The Labute approximate surface area is 119 Å². The predicted octanol–water partition coefficient (Wildman–Crippen LogP) is 3.28. The molecule has 0 fully saturated rings. The van der Waals surface area contributed by atoms with Crippen molar-refractivity contribution in [2.45, 2.75) is 19.9 Å². The van der Waals surface area contributed by atoms with Crippen LogP contribution in [0.1, 0.15) is 10.6 Å². The summed E-state index contributed by atoms with van der Waals surface area (Å²) in [4.78, 5) is 10.1. The highest BCUT2D eigenvalue weighted by molar-refractivity contribution is 7.16. The maximum absolute atomic E-state index is 5.96. The van der Waals surface area contributed by atoms with Gasteiger partial charge in [-0.25, -0.2) is 9.97 Å². The molecule has 0 unspecified atom stereocenters. The van der Waals surface area contributed by atoms with E-state index in [1.807, 2.05) is 35.8 Å². The summed E-state index contributed by atoms with van der Waals surface area (Å²) in [5.74, 6) is 0.510. The molecule has 98 valence electrons. The van der Waals surface area contributed by atoms with Gasteiger partial charge in [-0.05, 0) is 37.6 Å². The summed E-state index contributed by atoms with van der Waals surface area (Å²) in [6.45, 7) is 2.72. The van der Waals surface area contributed by atoms with Gasteiger partial charge in [-0.2, -0.15) is 0 Å². The fourth-order valence-electron chi connectivity index (χ4n) is 2.04. The van der Waals surface area contributed by atoms with Crippen LogP contribution >= 0.6 is 22.9 Å². The number of hydrogen-bond donors (Lipinski definition) is 1. The van der Waals surface area contributed by atoms with Crippen LogP contribution in [-0.4, -0.2) is 14.5 Å². The molecule has 0 spiro atoms. The first-order valence-corrected chi connectivity index (χ1v) is 7.16. The predicted molar refractivity (Wildman–Crippen MR) is 79.7 cm³/mol. The summed E-state index contributed by atoms with van der Waals surface area (Å²) in [7, 11) is 0. The summed E-state index contributed by atoms with van der Waals surface area (Å²) in [6, 6.07) is 7.85. The van der Waals surface area contributed by atoms with Crippen LogP contribution < -0.4 is 5.73 Å². The Morgan fingerprint density at radius 2 is 2.11 bits per heavy atom. The molecule has 2 N–H and O–H groups in total. The highest BCUT2D eigenvalue weighted by Gasteiger charge is 2.10. The van der Waals surface area contributed by atoms with Crippen molar-refractivity contribution in [1.29, 1.82) is 0 Å². The van der Waals surface area contributed by atoms with Crippen molar-refractivity contribution < 1.29 is 0 Å². The highest BCUT2D eigenvalue weighted by Crippen LogP contribution is 2.23. The Balaban J connectivity index is 1.91. The Hall–Kier alpha value is -1.59. The molecule has 0 aliphatic carbocycles. The molecule has 3 rings (SSSR count). The zero-order chi connectivity index (χ0) is 13.4. The number of hydrogen-bond acceptors (Lipinski definition) is 4. The van der Waals surface area contributed by atoms with Crippen LogP contribution in [0.15, 0.2) is 24.3 Å². The van der Waals surface area contributed by atoms with Gasteiger partial charge in [0.2, 0.25) is 5.95 Å². The van der Waals surface area contributed by atoms with Gasteiger partial charge in [0, 0.05) is 17.1 Å². The Morgan fingerprint density at radius 1 is 1.26 bits per heavy atom. The number of imidazole rings is 1. The fourth-order valence-corrected chi connectivity index (χ4v) is 3.12. The normalized spacial score (nSPS) is 11.3. The molecule has 0 saturated heterocycles. The van der Waals surface area contributed by atoms with Crippen molar-refractivity contribution in [2.75, 3.05) is 5.73 Å². The lowest BCUT2D eigenvalue weighted by Gasteiger charge is -2.04. The van der Waals surface area contributed by atoms with Crippen LogP contribution in [0, 0.1) is 6.92 Å². The zero-order valence-corrected chi connectivity index (χ0v) is 12.0. The molecule has 0 aromatic carbocycles. The van der Waals surface area contributed by atoms with Crippen LogP contribution in [0.3, 0.4) is 0 Å². The Morgan fingerprint density at radius 3 is 2.84 bits per heavy atom. The molecule has 0 amide bonds. The van der Waals surface area contributed by atoms with Gasteiger partial charge in [-0.1, -0.05) is 11.6 Å². The SMILES string of the molecule is Cc1ccc2nc(N)n(CCc3ccc(Cl)s3)c2n1. The third-order valence-electron chi connectivity index (χ3n) is 2.97. The Kier molecular flexibility index (Phi) is 3.16. The largest absolute Gasteiger partial charge is 0.369 e. The van der Waals surface area contributed by atoms with Crippen molar-refractivity contribution in [3.8, 4) is 0 Å². The van der Waals surface area contributed by atoms with Gasteiger partial charge >= 0.3 is 0 Å². The molecule has 19 heavy (non-hydrogen) atoms. The molecule has 3 heterocycles. The number of nitrogen functional groups attached to an aromatic ring is 1. The molecule has 6 heteroatoms. The van der Waals surface area contributed by atoms with Crippen LogP contribution in [0.5, 0.6) is 0 Å². The van der Waals surface area contributed by atoms with E-state index in [0.29, 0.717) is 5.95 Å². The van der Waals surface area contributed by atoms with Crippen molar-refractivity contribution in [3.05, 3.63) is 39.2 Å². The molecule has 0 saturated carbocycles. The summed E-state index contributed by atoms with van der Waals surface area (Å²) >= 11 is 7.52. The molecule has 0 radical (unpaired) electrons. The number of nitrogens with two attached hydrogens (primary N) is 1. The number of rotatable bonds is 3. The second-order valence-corrected chi connectivity index (χ2v) is 6.17. The van der Waals surface area contributed by atoms with Crippen molar-refractivity contribution in [2.24, 2.45) is 0 Å². The van der Waals surface area contributed by atoms with Gasteiger partial charge in [0.25, 0.3) is 0 Å². The standard InChI is InChI=1S/C13H13ClN4S/c1-8-2-4-10-12(16-8)18(13(15)17-10)7-6-9-3-5-11(14)19-9/h2-5H,6-7H2,1H3,(H2,15,17). The lowest BCUT2D eigenvalue weighted by molar-refractivity contribution is 0.725. The van der Waals surface area contributed by atoms with Crippen molar-refractivity contribution in [1.82, 2.24) is 14.5 Å². The molecule has 0 aliphatic heterocycles. The minimum absolute atomic E-state index is 0.510. The minimum atomic E-state index is 0.510. The molecule has 3 aromatic heterocycles. The molecular formula is C13H13ClN4S. The summed E-state index contributed by atoms with van der Waals surface area (Å²) in [5, 5.41) is 0. The first-order chi connectivity index (χ1) is 9.13. The number of anilines is 1. The van der Waals surface area contributed by atoms with Crippen LogP contribution in [0.2, 0.25) is 4.34 Å². The number of aryl methyl sites for hydroxylation is 3. The molecule has 3 aromatic rings. The second kappa shape index (κ2) is 4.83. The first-order valence-electron chi connectivity index (χ1n) is 5.97. The van der Waals surface area contributed by atoms with E-state index in [1.165, 1.54) is 4.88 Å². The number of pyridine rings is 1. The summed E-state index contributed by atoms with van der Waals surface area (Å²) < 4.78 is 2.77. The van der Waals surface area contributed by atoms with E-state index < -0.39 is 0 Å². The average Bonchev–Trinajstić information content (AvgIpc) is 2.90. The van der Waals surface area contributed by atoms with E-state index in [0.717, 1.165) is 34.2 Å². The molecule has 0 bridgehead atoms. The number of aromatic nitrogens is 3. The second-order valence-electron chi connectivity index (χ2n) is 4.37. The molecule has 0 atom stereocenters. The van der Waals surface area contributed by atoms with E-state index in [2.05, 4.69) is 9.97 Å². The topological polar surface area (TPSA) is 56.7 Å². The van der Waals surface area contributed by atoms with E-state index in [1.54, 1.807) is 11.3 Å². The van der Waals surface area contributed by atoms with Gasteiger partial charge in [-0.3, -0.25) is 4.57 Å². The Bertz CT molecular complexity index is 731. The van der Waals surface area contributed by atoms with E-state index >= 15 is 0 Å². The maximum Gasteiger partial charge on any atom is 0.202 e. The first kappa shape index (κ1) is 12.4. The van der Waals surface area contributed by atoms with Gasteiger partial charge < -0.3 is 5.73 Å².